The van der Waals surface area contributed by atoms with E-state index in [1.807, 2.05) is 0 Å². The Balaban J connectivity index is 1.46. The van der Waals surface area contributed by atoms with Crippen LogP contribution < -0.4 is 0 Å². The number of hydrogen-bond acceptors (Lipinski definition) is 4. The quantitative estimate of drug-likeness (QED) is 0.370. The summed E-state index contributed by atoms with van der Waals surface area (Å²) in [6.07, 6.45) is 12.3. The van der Waals surface area contributed by atoms with E-state index >= 15 is 0 Å². The molecule has 0 aromatic heterocycles. The van der Waals surface area contributed by atoms with Crippen LogP contribution in [0.15, 0.2) is 0 Å². The first-order valence-electron chi connectivity index (χ1n) is 15.7. The maximum absolute atomic E-state index is 12.3. The van der Waals surface area contributed by atoms with E-state index in [9.17, 15) is 9.59 Å². The van der Waals surface area contributed by atoms with Crippen LogP contribution in [0, 0.1) is 34.5 Å². The third-order valence-corrected chi connectivity index (χ3v) is 12.8. The van der Waals surface area contributed by atoms with Crippen LogP contribution in [0.1, 0.15) is 91.9 Å². The van der Waals surface area contributed by atoms with E-state index in [0.717, 1.165) is 28.2 Å². The number of hydrogen-bond donors (Lipinski definition) is 0. The third kappa shape index (κ3) is 4.63. The summed E-state index contributed by atoms with van der Waals surface area (Å²) >= 11 is 0. The lowest BCUT2D eigenvalue weighted by molar-refractivity contribution is -0.943. The van der Waals surface area contributed by atoms with Gasteiger partial charge in [0.05, 0.1) is 41.3 Å². The lowest BCUT2D eigenvalue weighted by Crippen LogP contribution is -2.66. The molecule has 6 heteroatoms. The highest BCUT2D eigenvalue weighted by molar-refractivity contribution is 5.66. The molecule has 5 fully saturated rings. The average molecular weight is 533 g/mol. The molecule has 4 saturated carbocycles. The predicted octanol–water partition coefficient (Wildman–Crippen LogP) is 5.19. The molecule has 0 N–H and O–H groups in total. The summed E-state index contributed by atoms with van der Waals surface area (Å²) < 4.78 is 14.3. The molecule has 38 heavy (non-hydrogen) atoms. The molecule has 6 nitrogen and oxygen atoms in total. The Morgan fingerprint density at radius 2 is 1.50 bits per heavy atom. The molecule has 1 heterocycles. The monoisotopic (exact) mass is 532 g/mol. The van der Waals surface area contributed by atoms with Crippen LogP contribution in [0.4, 0.5) is 0 Å². The van der Waals surface area contributed by atoms with Crippen molar-refractivity contribution in [1.82, 2.24) is 0 Å². The number of esters is 2. The lowest BCUT2D eigenvalue weighted by Gasteiger charge is -2.63. The number of ether oxygens (including phenoxy) is 2. The molecule has 0 aromatic carbocycles. The standard InChI is InChI=1S/C32H56N2O4/c1-21(35)37-29-18-23-12-13-24-25(32(23,4)20-28(29)34(8)16-10-9-11-17-34)14-15-31(3)26(24)19-27(33(5,6)7)30(31)38-22(2)36/h23-30H,9-20H2,1-8H3/q+2/t23-,24+,25-,26-,27?,28?,29-,30-,31-,32-/m0/s1. The first kappa shape index (κ1) is 28.4. The van der Waals surface area contributed by atoms with Crippen molar-refractivity contribution in [3.05, 3.63) is 0 Å². The van der Waals surface area contributed by atoms with Gasteiger partial charge in [0, 0.05) is 32.1 Å². The van der Waals surface area contributed by atoms with Crippen molar-refractivity contribution in [3.8, 4) is 0 Å². The van der Waals surface area contributed by atoms with Crippen LogP contribution in [-0.2, 0) is 19.1 Å². The van der Waals surface area contributed by atoms with E-state index in [1.165, 1.54) is 58.0 Å². The van der Waals surface area contributed by atoms with Gasteiger partial charge in [0.15, 0.2) is 12.2 Å². The van der Waals surface area contributed by atoms with E-state index in [2.05, 4.69) is 42.0 Å². The van der Waals surface area contributed by atoms with Crippen LogP contribution in [-0.4, -0.2) is 86.5 Å². The van der Waals surface area contributed by atoms with Crippen molar-refractivity contribution in [1.29, 1.82) is 0 Å². The summed E-state index contributed by atoms with van der Waals surface area (Å²) in [6, 6.07) is 0.757. The Kier molecular flexibility index (Phi) is 7.28. The van der Waals surface area contributed by atoms with Crippen molar-refractivity contribution < 1.29 is 28.0 Å². The molecule has 10 atom stereocenters. The van der Waals surface area contributed by atoms with Crippen molar-refractivity contribution in [2.45, 2.75) is 116 Å². The highest BCUT2D eigenvalue weighted by Gasteiger charge is 2.67. The second-order valence-corrected chi connectivity index (χ2v) is 15.8. The first-order chi connectivity index (χ1) is 17.7. The molecule has 0 spiro atoms. The molecule has 216 valence electrons. The lowest BCUT2D eigenvalue weighted by atomic mass is 9.44. The van der Waals surface area contributed by atoms with Gasteiger partial charge < -0.3 is 18.4 Å². The Labute approximate surface area is 232 Å². The Bertz CT molecular complexity index is 923. The fourth-order valence-corrected chi connectivity index (χ4v) is 10.9. The van der Waals surface area contributed by atoms with Crippen molar-refractivity contribution in [3.63, 3.8) is 0 Å². The molecule has 4 aliphatic carbocycles. The first-order valence-corrected chi connectivity index (χ1v) is 15.7. The van der Waals surface area contributed by atoms with E-state index in [4.69, 9.17) is 9.47 Å². The molecule has 5 rings (SSSR count). The highest BCUT2D eigenvalue weighted by atomic mass is 16.5. The number of nitrogens with zero attached hydrogens (tertiary/aromatic N) is 2. The zero-order valence-corrected chi connectivity index (χ0v) is 25.6. The topological polar surface area (TPSA) is 52.6 Å². The number of rotatable bonds is 4. The van der Waals surface area contributed by atoms with Gasteiger partial charge in [0.2, 0.25) is 0 Å². The normalized spacial score (nSPS) is 46.3. The summed E-state index contributed by atoms with van der Waals surface area (Å²) in [6.45, 7) is 10.7. The molecule has 0 aromatic rings. The number of carbonyl (C=O) groups excluding carboxylic acids is 2. The van der Waals surface area contributed by atoms with E-state index in [-0.39, 0.29) is 35.0 Å². The van der Waals surface area contributed by atoms with Crippen LogP contribution in [0.5, 0.6) is 0 Å². The van der Waals surface area contributed by atoms with Gasteiger partial charge in [-0.3, -0.25) is 9.59 Å². The minimum absolute atomic E-state index is 0.00162. The summed E-state index contributed by atoms with van der Waals surface area (Å²) in [5.41, 5.74) is 0.349. The molecule has 2 unspecified atom stereocenters. The maximum Gasteiger partial charge on any atom is 0.303 e. The van der Waals surface area contributed by atoms with Gasteiger partial charge in [0.1, 0.15) is 12.1 Å². The van der Waals surface area contributed by atoms with Gasteiger partial charge in [-0.25, -0.2) is 0 Å². The molecule has 0 radical (unpaired) electrons. The predicted molar refractivity (Wildman–Crippen MR) is 149 cm³/mol. The zero-order valence-electron chi connectivity index (χ0n) is 25.6. The second-order valence-electron chi connectivity index (χ2n) is 15.8. The smallest absolute Gasteiger partial charge is 0.303 e. The van der Waals surface area contributed by atoms with Gasteiger partial charge in [0.25, 0.3) is 0 Å². The van der Waals surface area contributed by atoms with Crippen LogP contribution in [0.2, 0.25) is 0 Å². The summed E-state index contributed by atoms with van der Waals surface area (Å²) in [5.74, 6) is 2.41. The van der Waals surface area contributed by atoms with E-state index < -0.39 is 0 Å². The van der Waals surface area contributed by atoms with Crippen LogP contribution in [0.3, 0.4) is 0 Å². The average Bonchev–Trinajstić information content (AvgIpc) is 3.11. The van der Waals surface area contributed by atoms with Crippen molar-refractivity contribution >= 4 is 11.9 Å². The van der Waals surface area contributed by atoms with Gasteiger partial charge in [-0.15, -0.1) is 0 Å². The van der Waals surface area contributed by atoms with Crippen LogP contribution >= 0.6 is 0 Å². The summed E-state index contributed by atoms with van der Waals surface area (Å²) in [4.78, 5) is 24.5. The van der Waals surface area contributed by atoms with Gasteiger partial charge in [-0.2, -0.15) is 0 Å². The van der Waals surface area contributed by atoms with Crippen molar-refractivity contribution in [2.75, 3.05) is 41.3 Å². The summed E-state index contributed by atoms with van der Waals surface area (Å²) in [7, 11) is 9.29. The molecular weight excluding hydrogens is 476 g/mol. The number of fused-ring (bicyclic) bond motifs is 5. The van der Waals surface area contributed by atoms with Crippen molar-refractivity contribution in [2.24, 2.45) is 34.5 Å². The fraction of sp³-hybridized carbons (Fsp3) is 0.938. The maximum atomic E-state index is 12.3. The van der Waals surface area contributed by atoms with E-state index in [0.29, 0.717) is 35.8 Å². The Hall–Kier alpha value is -1.14. The summed E-state index contributed by atoms with van der Waals surface area (Å²) in [5, 5.41) is 0. The SMILES string of the molecule is CC(=O)O[C@H]1C[C@@H]2CC[C@@H]3[C@H](CC[C@]4(C)[C@@H](OC(C)=O)C([N+](C)(C)C)C[C@@H]34)[C@@]2(C)CC1[N+]1(C)CCCCC1. The number of likely N-dealkylation sites (N-methyl/N-ethyl adjacent to an activating group) is 2. The molecule has 5 aliphatic rings. The molecule has 0 bridgehead atoms. The molecular formula is C32H56N2O4+2. The number of quaternary nitrogens is 2. The van der Waals surface area contributed by atoms with Gasteiger partial charge >= 0.3 is 11.9 Å². The molecule has 1 aliphatic heterocycles. The minimum atomic E-state index is -0.127. The number of likely N-dealkylation sites (tertiary alicyclic amines) is 1. The minimum Gasteiger partial charge on any atom is -0.456 e. The number of piperidine rings is 1. The highest BCUT2D eigenvalue weighted by Crippen LogP contribution is 2.67. The van der Waals surface area contributed by atoms with Gasteiger partial charge in [-0.1, -0.05) is 13.8 Å². The Morgan fingerprint density at radius 3 is 2.11 bits per heavy atom. The third-order valence-electron chi connectivity index (χ3n) is 12.8. The fourth-order valence-electron chi connectivity index (χ4n) is 10.9. The zero-order chi connectivity index (χ0) is 27.7. The Morgan fingerprint density at radius 1 is 0.842 bits per heavy atom. The number of carbonyl (C=O) groups is 2. The van der Waals surface area contributed by atoms with E-state index in [1.54, 1.807) is 13.8 Å². The second kappa shape index (κ2) is 9.75. The molecule has 1 saturated heterocycles. The van der Waals surface area contributed by atoms with Gasteiger partial charge in [-0.05, 0) is 80.5 Å². The molecule has 0 amide bonds. The van der Waals surface area contributed by atoms with Crippen LogP contribution in [0.25, 0.3) is 0 Å². The largest absolute Gasteiger partial charge is 0.456 e.